The van der Waals surface area contributed by atoms with Crippen molar-refractivity contribution in [2.24, 2.45) is 0 Å². The summed E-state index contributed by atoms with van der Waals surface area (Å²) in [6.07, 6.45) is 4.01. The lowest BCUT2D eigenvalue weighted by Gasteiger charge is -2.09. The molecule has 0 aliphatic carbocycles. The summed E-state index contributed by atoms with van der Waals surface area (Å²) in [5, 5.41) is 47.5. The lowest BCUT2D eigenvalue weighted by molar-refractivity contribution is 0.104. The molecule has 5 N–H and O–H groups in total. The Morgan fingerprint density at radius 2 is 1.35 bits per heavy atom. The molecule has 0 atom stereocenters. The minimum absolute atomic E-state index is 0.383. The van der Waals surface area contributed by atoms with Gasteiger partial charge in [-0.3, -0.25) is 4.79 Å². The highest BCUT2D eigenvalue weighted by molar-refractivity contribution is 7.98. The van der Waals surface area contributed by atoms with Crippen molar-refractivity contribution in [3.63, 3.8) is 0 Å². The van der Waals surface area contributed by atoms with Gasteiger partial charge < -0.3 is 25.5 Å². The first kappa shape index (κ1) is 16.6. The molecule has 2 aromatic rings. The molecule has 0 spiro atoms. The van der Waals surface area contributed by atoms with Gasteiger partial charge in [0.15, 0.2) is 17.3 Å². The van der Waals surface area contributed by atoms with Gasteiger partial charge in [0.05, 0.1) is 5.56 Å². The first-order chi connectivity index (χ1) is 10.9. The van der Waals surface area contributed by atoms with Crippen LogP contribution in [0.25, 0.3) is 6.08 Å². The number of phenols is 5. The SMILES string of the molecule is CSc1ccc(C(=O)/C=C/c2c(O)c(O)c(O)c(O)c2O)cc1. The summed E-state index contributed by atoms with van der Waals surface area (Å²) in [5.41, 5.74) is 0.0112. The zero-order chi connectivity index (χ0) is 17.1. The van der Waals surface area contributed by atoms with E-state index < -0.39 is 34.5 Å². The van der Waals surface area contributed by atoms with Crippen molar-refractivity contribution in [1.82, 2.24) is 0 Å². The standard InChI is InChI=1S/C16H14O6S/c1-23-9-4-2-8(3-5-9)11(17)7-6-10-12(18)14(20)16(22)15(21)13(10)19/h2-7,18-22H,1H3/b7-6+. The summed E-state index contributed by atoms with van der Waals surface area (Å²) in [4.78, 5) is 13.0. The molecule has 0 aliphatic rings. The van der Waals surface area contributed by atoms with Crippen LogP contribution in [0.1, 0.15) is 15.9 Å². The van der Waals surface area contributed by atoms with E-state index in [9.17, 15) is 30.3 Å². The van der Waals surface area contributed by atoms with Crippen molar-refractivity contribution in [2.75, 3.05) is 6.26 Å². The van der Waals surface area contributed by atoms with E-state index in [2.05, 4.69) is 0 Å². The van der Waals surface area contributed by atoms with Crippen molar-refractivity contribution in [3.8, 4) is 28.7 Å². The molecule has 0 bridgehead atoms. The quantitative estimate of drug-likeness (QED) is 0.192. The molecule has 0 unspecified atom stereocenters. The Bertz CT molecular complexity index is 751. The smallest absolute Gasteiger partial charge is 0.208 e. The summed E-state index contributed by atoms with van der Waals surface area (Å²) in [5.74, 6) is -5.12. The average molecular weight is 334 g/mol. The van der Waals surface area contributed by atoms with E-state index in [4.69, 9.17) is 0 Å². The molecule has 0 fully saturated rings. The molecule has 2 aromatic carbocycles. The van der Waals surface area contributed by atoms with E-state index in [1.54, 1.807) is 24.3 Å². The topological polar surface area (TPSA) is 118 Å². The summed E-state index contributed by atoms with van der Waals surface area (Å²) < 4.78 is 0. The van der Waals surface area contributed by atoms with Crippen LogP contribution < -0.4 is 0 Å². The van der Waals surface area contributed by atoms with Gasteiger partial charge in [0, 0.05) is 10.5 Å². The number of hydrogen-bond donors (Lipinski definition) is 5. The summed E-state index contributed by atoms with van der Waals surface area (Å²) in [7, 11) is 0. The van der Waals surface area contributed by atoms with Crippen LogP contribution in [0.15, 0.2) is 35.2 Å². The number of hydrogen-bond acceptors (Lipinski definition) is 7. The van der Waals surface area contributed by atoms with Crippen LogP contribution in [0.2, 0.25) is 0 Å². The predicted octanol–water partition coefficient (Wildman–Crippen LogP) is 2.83. The van der Waals surface area contributed by atoms with E-state index in [1.807, 2.05) is 6.26 Å². The number of benzene rings is 2. The fraction of sp³-hybridized carbons (Fsp3) is 0.0625. The highest BCUT2D eigenvalue weighted by atomic mass is 32.2. The zero-order valence-corrected chi connectivity index (χ0v) is 12.8. The molecular formula is C16H14O6S. The minimum Gasteiger partial charge on any atom is -0.504 e. The second-order valence-corrected chi connectivity index (χ2v) is 5.46. The summed E-state index contributed by atoms with van der Waals surface area (Å²) >= 11 is 1.53. The van der Waals surface area contributed by atoms with Crippen LogP contribution in [0.4, 0.5) is 0 Å². The van der Waals surface area contributed by atoms with Crippen LogP contribution in [-0.4, -0.2) is 37.6 Å². The third kappa shape index (κ3) is 3.19. The fourth-order valence-electron chi connectivity index (χ4n) is 1.87. The van der Waals surface area contributed by atoms with Crippen molar-refractivity contribution in [3.05, 3.63) is 41.5 Å². The molecule has 120 valence electrons. The highest BCUT2D eigenvalue weighted by Crippen LogP contribution is 2.51. The number of thioether (sulfide) groups is 1. The van der Waals surface area contributed by atoms with Gasteiger partial charge in [0.25, 0.3) is 0 Å². The van der Waals surface area contributed by atoms with E-state index in [0.29, 0.717) is 5.56 Å². The Labute approximate surface area is 136 Å². The van der Waals surface area contributed by atoms with Gasteiger partial charge in [-0.1, -0.05) is 0 Å². The maximum atomic E-state index is 12.0. The molecule has 7 heteroatoms. The van der Waals surface area contributed by atoms with E-state index in [0.717, 1.165) is 17.0 Å². The second-order valence-electron chi connectivity index (χ2n) is 4.58. The van der Waals surface area contributed by atoms with Crippen LogP contribution >= 0.6 is 11.8 Å². The van der Waals surface area contributed by atoms with Gasteiger partial charge in [0.1, 0.15) is 0 Å². The zero-order valence-electron chi connectivity index (χ0n) is 12.0. The second kappa shape index (κ2) is 6.53. The molecular weight excluding hydrogens is 320 g/mol. The third-order valence-electron chi connectivity index (χ3n) is 3.18. The Hall–Kier alpha value is -2.80. The Balaban J connectivity index is 2.34. The molecule has 0 saturated heterocycles. The van der Waals surface area contributed by atoms with Crippen molar-refractivity contribution in [2.45, 2.75) is 4.90 Å². The van der Waals surface area contributed by atoms with Crippen molar-refractivity contribution in [1.29, 1.82) is 0 Å². The van der Waals surface area contributed by atoms with E-state index >= 15 is 0 Å². The van der Waals surface area contributed by atoms with Crippen molar-refractivity contribution < 1.29 is 30.3 Å². The molecule has 6 nitrogen and oxygen atoms in total. The number of rotatable bonds is 4. The van der Waals surface area contributed by atoms with Gasteiger partial charge >= 0.3 is 0 Å². The van der Waals surface area contributed by atoms with E-state index in [1.165, 1.54) is 11.8 Å². The van der Waals surface area contributed by atoms with Crippen LogP contribution in [0.5, 0.6) is 28.7 Å². The molecule has 0 saturated carbocycles. The van der Waals surface area contributed by atoms with Gasteiger partial charge in [0.2, 0.25) is 17.2 Å². The normalized spacial score (nSPS) is 11.0. The number of carbonyl (C=O) groups is 1. The van der Waals surface area contributed by atoms with E-state index in [-0.39, 0.29) is 5.56 Å². The van der Waals surface area contributed by atoms with Gasteiger partial charge in [-0.15, -0.1) is 11.8 Å². The maximum Gasteiger partial charge on any atom is 0.208 e. The largest absolute Gasteiger partial charge is 0.504 e. The molecule has 0 amide bonds. The maximum absolute atomic E-state index is 12.0. The van der Waals surface area contributed by atoms with Gasteiger partial charge in [-0.05, 0) is 42.7 Å². The Kier molecular flexibility index (Phi) is 4.71. The first-order valence-electron chi connectivity index (χ1n) is 6.42. The number of ketones is 1. The predicted molar refractivity (Wildman–Crippen MR) is 86.4 cm³/mol. The summed E-state index contributed by atoms with van der Waals surface area (Å²) in [6.45, 7) is 0. The fourth-order valence-corrected chi connectivity index (χ4v) is 2.28. The number of aromatic hydroxyl groups is 5. The van der Waals surface area contributed by atoms with Crippen molar-refractivity contribution >= 4 is 23.6 Å². The average Bonchev–Trinajstić information content (AvgIpc) is 2.58. The number of allylic oxidation sites excluding steroid dienone is 1. The monoisotopic (exact) mass is 334 g/mol. The van der Waals surface area contributed by atoms with Crippen LogP contribution in [0.3, 0.4) is 0 Å². The molecule has 0 heterocycles. The van der Waals surface area contributed by atoms with Gasteiger partial charge in [-0.2, -0.15) is 0 Å². The molecule has 23 heavy (non-hydrogen) atoms. The van der Waals surface area contributed by atoms with Crippen LogP contribution in [0, 0.1) is 0 Å². The van der Waals surface area contributed by atoms with Gasteiger partial charge in [-0.25, -0.2) is 0 Å². The summed E-state index contributed by atoms with van der Waals surface area (Å²) in [6, 6.07) is 6.81. The number of carbonyl (C=O) groups excluding carboxylic acids is 1. The number of phenolic OH excluding ortho intramolecular Hbond substituents is 5. The first-order valence-corrected chi connectivity index (χ1v) is 7.64. The lowest BCUT2D eigenvalue weighted by atomic mass is 10.1. The minimum atomic E-state index is -1.05. The molecule has 0 radical (unpaired) electrons. The molecule has 2 rings (SSSR count). The Morgan fingerprint density at radius 3 is 1.83 bits per heavy atom. The van der Waals surface area contributed by atoms with Crippen LogP contribution in [-0.2, 0) is 0 Å². The molecule has 0 aromatic heterocycles. The third-order valence-corrected chi connectivity index (χ3v) is 3.93. The lowest BCUT2D eigenvalue weighted by Crippen LogP contribution is -1.93. The molecule has 0 aliphatic heterocycles. The highest BCUT2D eigenvalue weighted by Gasteiger charge is 2.21. The Morgan fingerprint density at radius 1 is 0.870 bits per heavy atom.